The van der Waals surface area contributed by atoms with Crippen LogP contribution in [0.1, 0.15) is 30.1 Å². The van der Waals surface area contributed by atoms with Crippen molar-refractivity contribution in [1.29, 1.82) is 0 Å². The van der Waals surface area contributed by atoms with Gasteiger partial charge in [0.1, 0.15) is 5.82 Å². The molecule has 1 aliphatic heterocycles. The fraction of sp³-hybridized carbons (Fsp3) is 0.368. The molecule has 1 heterocycles. The van der Waals surface area contributed by atoms with Crippen molar-refractivity contribution in [3.05, 3.63) is 59.9 Å². The standard InChI is InChI=1S/C19H19F4NS/c20-15-6-3-5-14(13-15)17-9-12-24(11-4-10-19(21,22)23)16-7-1-2-8-18(16)25-17/h1-3,5-8,13,17H,4,9-12H2. The Labute approximate surface area is 149 Å². The summed E-state index contributed by atoms with van der Waals surface area (Å²) in [6, 6.07) is 14.3. The van der Waals surface area contributed by atoms with Gasteiger partial charge in [0.2, 0.25) is 0 Å². The first-order chi connectivity index (χ1) is 11.9. The molecule has 0 aromatic heterocycles. The van der Waals surface area contributed by atoms with E-state index in [9.17, 15) is 17.6 Å². The zero-order valence-electron chi connectivity index (χ0n) is 13.6. The molecule has 0 bridgehead atoms. The lowest BCUT2D eigenvalue weighted by molar-refractivity contribution is -0.135. The smallest absolute Gasteiger partial charge is 0.371 e. The molecule has 0 saturated heterocycles. The van der Waals surface area contributed by atoms with Crippen LogP contribution in [0.5, 0.6) is 0 Å². The van der Waals surface area contributed by atoms with Crippen LogP contribution >= 0.6 is 11.8 Å². The van der Waals surface area contributed by atoms with Gasteiger partial charge in [0.25, 0.3) is 0 Å². The predicted octanol–water partition coefficient (Wildman–Crippen LogP) is 6.21. The minimum atomic E-state index is -4.12. The van der Waals surface area contributed by atoms with Gasteiger partial charge in [-0.25, -0.2) is 4.39 Å². The molecular formula is C19H19F4NS. The SMILES string of the molecule is Fc1cccc(C2CCN(CCCC(F)(F)F)c3ccccc3S2)c1. The molecule has 1 unspecified atom stereocenters. The molecule has 1 atom stereocenters. The molecule has 2 aromatic carbocycles. The van der Waals surface area contributed by atoms with E-state index in [1.165, 1.54) is 6.07 Å². The maximum atomic E-state index is 13.5. The highest BCUT2D eigenvalue weighted by molar-refractivity contribution is 7.99. The normalized spacial score (nSPS) is 17.9. The van der Waals surface area contributed by atoms with Gasteiger partial charge in [0.15, 0.2) is 0 Å². The number of anilines is 1. The van der Waals surface area contributed by atoms with Crippen LogP contribution in [0.3, 0.4) is 0 Å². The van der Waals surface area contributed by atoms with E-state index in [0.717, 1.165) is 22.6 Å². The van der Waals surface area contributed by atoms with Crippen molar-refractivity contribution in [2.75, 3.05) is 18.0 Å². The van der Waals surface area contributed by atoms with E-state index in [4.69, 9.17) is 0 Å². The number of nitrogens with zero attached hydrogens (tertiary/aromatic N) is 1. The van der Waals surface area contributed by atoms with Crippen LogP contribution in [0.2, 0.25) is 0 Å². The Morgan fingerprint density at radius 1 is 1.08 bits per heavy atom. The van der Waals surface area contributed by atoms with Gasteiger partial charge in [-0.2, -0.15) is 13.2 Å². The van der Waals surface area contributed by atoms with Crippen LogP contribution in [-0.4, -0.2) is 19.3 Å². The van der Waals surface area contributed by atoms with Crippen LogP contribution in [0, 0.1) is 5.82 Å². The van der Waals surface area contributed by atoms with Crippen molar-refractivity contribution in [3.63, 3.8) is 0 Å². The van der Waals surface area contributed by atoms with E-state index in [2.05, 4.69) is 0 Å². The van der Waals surface area contributed by atoms with Crippen molar-refractivity contribution in [2.24, 2.45) is 0 Å². The van der Waals surface area contributed by atoms with Gasteiger partial charge in [0.05, 0.1) is 5.69 Å². The minimum Gasteiger partial charge on any atom is -0.371 e. The van der Waals surface area contributed by atoms with E-state index in [0.29, 0.717) is 13.1 Å². The molecule has 0 aliphatic carbocycles. The molecule has 0 saturated carbocycles. The number of fused-ring (bicyclic) bond motifs is 1. The third-order valence-electron chi connectivity index (χ3n) is 4.25. The lowest BCUT2D eigenvalue weighted by Crippen LogP contribution is -2.26. The quantitative estimate of drug-likeness (QED) is 0.589. The number of halogens is 4. The Balaban J connectivity index is 1.78. The molecular weight excluding hydrogens is 350 g/mol. The molecule has 3 rings (SSSR count). The summed E-state index contributed by atoms with van der Waals surface area (Å²) in [6.45, 7) is 1.02. The number of para-hydroxylation sites is 1. The largest absolute Gasteiger partial charge is 0.389 e. The van der Waals surface area contributed by atoms with Gasteiger partial charge < -0.3 is 4.90 Å². The van der Waals surface area contributed by atoms with Crippen molar-refractivity contribution in [2.45, 2.75) is 35.6 Å². The van der Waals surface area contributed by atoms with Crippen molar-refractivity contribution < 1.29 is 17.6 Å². The highest BCUT2D eigenvalue weighted by atomic mass is 32.2. The van der Waals surface area contributed by atoms with Crippen LogP contribution < -0.4 is 4.90 Å². The monoisotopic (exact) mass is 369 g/mol. The first kappa shape index (κ1) is 18.1. The second-order valence-electron chi connectivity index (χ2n) is 6.12. The molecule has 6 heteroatoms. The Hall–Kier alpha value is -1.69. The van der Waals surface area contributed by atoms with Gasteiger partial charge >= 0.3 is 6.18 Å². The van der Waals surface area contributed by atoms with E-state index in [-0.39, 0.29) is 17.5 Å². The first-order valence-electron chi connectivity index (χ1n) is 8.25. The minimum absolute atomic E-state index is 0.0765. The Bertz CT molecular complexity index is 717. The van der Waals surface area contributed by atoms with Crippen molar-refractivity contribution in [3.8, 4) is 0 Å². The van der Waals surface area contributed by atoms with E-state index >= 15 is 0 Å². The summed E-state index contributed by atoms with van der Waals surface area (Å²) in [7, 11) is 0. The molecule has 25 heavy (non-hydrogen) atoms. The zero-order chi connectivity index (χ0) is 17.9. The summed E-state index contributed by atoms with van der Waals surface area (Å²) in [5.74, 6) is -0.266. The van der Waals surface area contributed by atoms with Crippen LogP contribution in [0.15, 0.2) is 53.4 Å². The average molecular weight is 369 g/mol. The summed E-state index contributed by atoms with van der Waals surface area (Å²) >= 11 is 1.65. The maximum Gasteiger partial charge on any atom is 0.389 e. The second-order valence-corrected chi connectivity index (χ2v) is 7.37. The Kier molecular flexibility index (Phi) is 5.57. The summed E-state index contributed by atoms with van der Waals surface area (Å²) in [4.78, 5) is 3.05. The molecule has 0 spiro atoms. The molecule has 134 valence electrons. The summed E-state index contributed by atoms with van der Waals surface area (Å²) in [6.07, 6.45) is -4.06. The zero-order valence-corrected chi connectivity index (χ0v) is 14.4. The molecule has 1 nitrogen and oxygen atoms in total. The second kappa shape index (κ2) is 7.68. The molecule has 0 N–H and O–H groups in total. The molecule has 0 fully saturated rings. The number of hydrogen-bond donors (Lipinski definition) is 0. The van der Waals surface area contributed by atoms with Gasteiger partial charge in [-0.05, 0) is 42.7 Å². The van der Waals surface area contributed by atoms with Crippen LogP contribution in [-0.2, 0) is 0 Å². The van der Waals surface area contributed by atoms with E-state index < -0.39 is 12.6 Å². The number of rotatable bonds is 4. The number of benzene rings is 2. The fourth-order valence-corrected chi connectivity index (χ4v) is 4.36. The van der Waals surface area contributed by atoms with Crippen molar-refractivity contribution >= 4 is 17.4 Å². The topological polar surface area (TPSA) is 3.24 Å². The Morgan fingerprint density at radius 2 is 1.88 bits per heavy atom. The average Bonchev–Trinajstić information content (AvgIpc) is 2.74. The lowest BCUT2D eigenvalue weighted by Gasteiger charge is -2.24. The van der Waals surface area contributed by atoms with Crippen molar-refractivity contribution in [1.82, 2.24) is 0 Å². The predicted molar refractivity (Wildman–Crippen MR) is 93.6 cm³/mol. The number of thioether (sulfide) groups is 1. The van der Waals surface area contributed by atoms with Gasteiger partial charge in [-0.3, -0.25) is 0 Å². The third kappa shape index (κ3) is 4.91. The van der Waals surface area contributed by atoms with E-state index in [1.54, 1.807) is 23.9 Å². The number of hydrogen-bond acceptors (Lipinski definition) is 2. The van der Waals surface area contributed by atoms with Gasteiger partial charge in [0, 0.05) is 29.7 Å². The maximum absolute atomic E-state index is 13.5. The number of alkyl halides is 3. The lowest BCUT2D eigenvalue weighted by atomic mass is 10.1. The van der Waals surface area contributed by atoms with Crippen LogP contribution in [0.4, 0.5) is 23.2 Å². The molecule has 2 aromatic rings. The van der Waals surface area contributed by atoms with Crippen LogP contribution in [0.25, 0.3) is 0 Å². The van der Waals surface area contributed by atoms with E-state index in [1.807, 2.05) is 35.2 Å². The van der Waals surface area contributed by atoms with Gasteiger partial charge in [-0.15, -0.1) is 11.8 Å². The first-order valence-corrected chi connectivity index (χ1v) is 9.13. The molecule has 0 amide bonds. The summed E-state index contributed by atoms with van der Waals surface area (Å²) in [5, 5.41) is 0.0875. The van der Waals surface area contributed by atoms with Gasteiger partial charge in [-0.1, -0.05) is 24.3 Å². The Morgan fingerprint density at radius 3 is 2.64 bits per heavy atom. The summed E-state index contributed by atoms with van der Waals surface area (Å²) in [5.41, 5.74) is 1.88. The fourth-order valence-electron chi connectivity index (χ4n) is 3.07. The molecule has 0 radical (unpaired) electrons. The highest BCUT2D eigenvalue weighted by Crippen LogP contribution is 2.45. The third-order valence-corrected chi connectivity index (χ3v) is 5.64. The highest BCUT2D eigenvalue weighted by Gasteiger charge is 2.28. The molecule has 1 aliphatic rings. The summed E-state index contributed by atoms with van der Waals surface area (Å²) < 4.78 is 50.9.